The van der Waals surface area contributed by atoms with Crippen LogP contribution in [0.4, 0.5) is 0 Å². The minimum Gasteiger partial charge on any atom is -0.489 e. The van der Waals surface area contributed by atoms with E-state index >= 15 is 0 Å². The molecule has 1 aromatic heterocycles. The van der Waals surface area contributed by atoms with E-state index in [0.29, 0.717) is 19.1 Å². The lowest BCUT2D eigenvalue weighted by atomic mass is 10.0. The molecule has 1 N–H and O–H groups in total. The summed E-state index contributed by atoms with van der Waals surface area (Å²) in [5.74, 6) is 1.73. The zero-order valence-electron chi connectivity index (χ0n) is 15.9. The molecule has 3 rings (SSSR count). The Morgan fingerprint density at radius 2 is 2.04 bits per heavy atom. The second kappa shape index (κ2) is 7.91. The van der Waals surface area contributed by atoms with Crippen molar-refractivity contribution in [2.24, 2.45) is 0 Å². The van der Waals surface area contributed by atoms with Crippen LogP contribution in [-0.4, -0.2) is 41.1 Å². The van der Waals surface area contributed by atoms with E-state index in [1.165, 1.54) is 0 Å². The number of aromatic nitrogens is 1. The number of carbonyl (C=O) groups is 1. The first-order valence-electron chi connectivity index (χ1n) is 9.12. The number of benzene rings is 1. The normalized spacial score (nSPS) is 20.2. The summed E-state index contributed by atoms with van der Waals surface area (Å²) in [5, 5.41) is 7.33. The van der Waals surface area contributed by atoms with Crippen molar-refractivity contribution >= 4 is 5.91 Å². The molecule has 1 fully saturated rings. The molecule has 1 aliphatic rings. The molecule has 6 heteroatoms. The summed E-state index contributed by atoms with van der Waals surface area (Å²) in [6.45, 7) is 10.0. The smallest absolute Gasteiger partial charge is 0.227 e. The van der Waals surface area contributed by atoms with Crippen molar-refractivity contribution < 1.29 is 14.1 Å². The van der Waals surface area contributed by atoms with Crippen molar-refractivity contribution in [2.45, 2.75) is 52.8 Å². The molecule has 140 valence electrons. The van der Waals surface area contributed by atoms with Gasteiger partial charge in [-0.15, -0.1) is 0 Å². The molecule has 1 aromatic carbocycles. The fourth-order valence-electron chi connectivity index (χ4n) is 3.25. The Morgan fingerprint density at radius 1 is 1.31 bits per heavy atom. The van der Waals surface area contributed by atoms with E-state index in [-0.39, 0.29) is 11.9 Å². The van der Waals surface area contributed by atoms with E-state index in [2.05, 4.69) is 24.3 Å². The van der Waals surface area contributed by atoms with Gasteiger partial charge in [-0.1, -0.05) is 17.3 Å². The van der Waals surface area contributed by atoms with E-state index in [4.69, 9.17) is 9.26 Å². The van der Waals surface area contributed by atoms with Gasteiger partial charge in [0.05, 0.1) is 17.7 Å². The van der Waals surface area contributed by atoms with Crippen LogP contribution in [0.5, 0.6) is 5.75 Å². The molecule has 0 saturated carbocycles. The minimum atomic E-state index is 0.176. The minimum absolute atomic E-state index is 0.176. The van der Waals surface area contributed by atoms with E-state index in [1.807, 2.05) is 43.0 Å². The van der Waals surface area contributed by atoms with Crippen molar-refractivity contribution in [3.8, 4) is 5.75 Å². The Morgan fingerprint density at radius 3 is 2.69 bits per heavy atom. The average molecular weight is 357 g/mol. The number of amides is 1. The standard InChI is InChI=1S/C20H27N3O3/c1-13-15(3)23(10-9-21-13)20(24)11-17-5-7-18(8-6-17)25-12-19-14(2)22-26-16(19)4/h5-8,13,15,21H,9-12H2,1-4H3. The van der Waals surface area contributed by atoms with Crippen molar-refractivity contribution in [3.63, 3.8) is 0 Å². The Labute approximate surface area is 154 Å². The number of rotatable bonds is 5. The number of piperazine rings is 1. The van der Waals surface area contributed by atoms with Crippen LogP contribution in [0.25, 0.3) is 0 Å². The van der Waals surface area contributed by atoms with E-state index in [1.54, 1.807) is 0 Å². The maximum atomic E-state index is 12.6. The third-order valence-corrected chi connectivity index (χ3v) is 5.20. The third-order valence-electron chi connectivity index (χ3n) is 5.20. The topological polar surface area (TPSA) is 67.6 Å². The van der Waals surface area contributed by atoms with Crippen LogP contribution >= 0.6 is 0 Å². The number of nitrogens with zero attached hydrogens (tertiary/aromatic N) is 2. The second-order valence-electron chi connectivity index (χ2n) is 6.98. The number of aryl methyl sites for hydroxylation is 2. The summed E-state index contributed by atoms with van der Waals surface area (Å²) in [5.41, 5.74) is 2.83. The molecule has 0 bridgehead atoms. The van der Waals surface area contributed by atoms with Gasteiger partial charge in [0, 0.05) is 25.2 Å². The van der Waals surface area contributed by atoms with Crippen LogP contribution in [0, 0.1) is 13.8 Å². The van der Waals surface area contributed by atoms with Crippen molar-refractivity contribution in [2.75, 3.05) is 13.1 Å². The number of nitrogens with one attached hydrogen (secondary N) is 1. The summed E-state index contributed by atoms with van der Waals surface area (Å²) in [6, 6.07) is 8.27. The molecule has 2 heterocycles. The molecule has 2 unspecified atom stereocenters. The van der Waals surface area contributed by atoms with Gasteiger partial charge in [0.1, 0.15) is 18.1 Å². The van der Waals surface area contributed by atoms with Crippen LogP contribution in [0.2, 0.25) is 0 Å². The molecule has 1 aliphatic heterocycles. The van der Waals surface area contributed by atoms with Crippen molar-refractivity contribution in [1.29, 1.82) is 0 Å². The number of hydrogen-bond acceptors (Lipinski definition) is 5. The highest BCUT2D eigenvalue weighted by atomic mass is 16.5. The number of hydrogen-bond donors (Lipinski definition) is 1. The molecule has 0 radical (unpaired) electrons. The molecule has 1 saturated heterocycles. The van der Waals surface area contributed by atoms with Crippen LogP contribution in [-0.2, 0) is 17.8 Å². The number of carbonyl (C=O) groups excluding carboxylic acids is 1. The van der Waals surface area contributed by atoms with Gasteiger partial charge in [-0.05, 0) is 45.4 Å². The summed E-state index contributed by atoms with van der Waals surface area (Å²) >= 11 is 0. The predicted octanol–water partition coefficient (Wildman–Crippen LogP) is 2.62. The lowest BCUT2D eigenvalue weighted by Crippen LogP contribution is -2.57. The quantitative estimate of drug-likeness (QED) is 0.891. The fourth-order valence-corrected chi connectivity index (χ4v) is 3.25. The van der Waals surface area contributed by atoms with E-state index < -0.39 is 0 Å². The van der Waals surface area contributed by atoms with Crippen molar-refractivity contribution in [1.82, 2.24) is 15.4 Å². The van der Waals surface area contributed by atoms with Crippen molar-refractivity contribution in [3.05, 3.63) is 46.8 Å². The molecular formula is C20H27N3O3. The highest BCUT2D eigenvalue weighted by Crippen LogP contribution is 2.19. The lowest BCUT2D eigenvalue weighted by Gasteiger charge is -2.38. The molecule has 6 nitrogen and oxygen atoms in total. The molecule has 1 amide bonds. The van der Waals surface area contributed by atoms with Crippen LogP contribution < -0.4 is 10.1 Å². The maximum Gasteiger partial charge on any atom is 0.227 e. The zero-order chi connectivity index (χ0) is 18.7. The second-order valence-corrected chi connectivity index (χ2v) is 6.98. The Hall–Kier alpha value is -2.34. The molecule has 26 heavy (non-hydrogen) atoms. The highest BCUT2D eigenvalue weighted by Gasteiger charge is 2.27. The average Bonchev–Trinajstić information content (AvgIpc) is 2.95. The molecular weight excluding hydrogens is 330 g/mol. The van der Waals surface area contributed by atoms with Gasteiger partial charge >= 0.3 is 0 Å². The van der Waals surface area contributed by atoms with E-state index in [0.717, 1.165) is 41.4 Å². The van der Waals surface area contributed by atoms with Gasteiger partial charge in [-0.3, -0.25) is 4.79 Å². The van der Waals surface area contributed by atoms with Gasteiger partial charge in [0.25, 0.3) is 0 Å². The highest BCUT2D eigenvalue weighted by molar-refractivity contribution is 5.79. The summed E-state index contributed by atoms with van der Waals surface area (Å²) in [7, 11) is 0. The third kappa shape index (κ3) is 4.07. The molecule has 2 aromatic rings. The van der Waals surface area contributed by atoms with Crippen LogP contribution in [0.15, 0.2) is 28.8 Å². The fraction of sp³-hybridized carbons (Fsp3) is 0.500. The van der Waals surface area contributed by atoms with Crippen LogP contribution in [0.3, 0.4) is 0 Å². The Bertz CT molecular complexity index is 735. The molecule has 2 atom stereocenters. The van der Waals surface area contributed by atoms with E-state index in [9.17, 15) is 4.79 Å². The first-order chi connectivity index (χ1) is 12.5. The summed E-state index contributed by atoms with van der Waals surface area (Å²) < 4.78 is 11.0. The van der Waals surface area contributed by atoms with Gasteiger partial charge in [-0.25, -0.2) is 0 Å². The Balaban J connectivity index is 1.56. The first-order valence-corrected chi connectivity index (χ1v) is 9.12. The SMILES string of the molecule is Cc1noc(C)c1COc1ccc(CC(=O)N2CCNC(C)C2C)cc1. The monoisotopic (exact) mass is 357 g/mol. The molecule has 0 aliphatic carbocycles. The van der Waals surface area contributed by atoms with Gasteiger partial charge in [0.15, 0.2) is 0 Å². The van der Waals surface area contributed by atoms with Gasteiger partial charge in [-0.2, -0.15) is 0 Å². The first kappa shape index (κ1) is 18.5. The van der Waals surface area contributed by atoms with Gasteiger partial charge in [0.2, 0.25) is 5.91 Å². The zero-order valence-corrected chi connectivity index (χ0v) is 15.9. The Kier molecular flexibility index (Phi) is 5.61. The van der Waals surface area contributed by atoms with Gasteiger partial charge < -0.3 is 19.5 Å². The van der Waals surface area contributed by atoms with Crippen LogP contribution in [0.1, 0.15) is 36.4 Å². The summed E-state index contributed by atoms with van der Waals surface area (Å²) in [4.78, 5) is 14.6. The maximum absolute atomic E-state index is 12.6. The predicted molar refractivity (Wildman–Crippen MR) is 99.1 cm³/mol. The largest absolute Gasteiger partial charge is 0.489 e. The summed E-state index contributed by atoms with van der Waals surface area (Å²) in [6.07, 6.45) is 0.418. The lowest BCUT2D eigenvalue weighted by molar-refractivity contribution is -0.134. The molecule has 0 spiro atoms. The number of ether oxygens (including phenoxy) is 1.